The van der Waals surface area contributed by atoms with E-state index in [2.05, 4.69) is 15.4 Å². The molecule has 1 aromatic heterocycles. The third-order valence-electron chi connectivity index (χ3n) is 4.80. The zero-order valence-corrected chi connectivity index (χ0v) is 16.4. The van der Waals surface area contributed by atoms with Gasteiger partial charge >= 0.3 is 0 Å². The van der Waals surface area contributed by atoms with E-state index in [0.29, 0.717) is 33.5 Å². The normalized spacial score (nSPS) is 24.0. The Hall–Kier alpha value is -2.10. The van der Waals surface area contributed by atoms with Crippen LogP contribution in [0.25, 0.3) is 0 Å². The molecular formula is C18H21N3O4S2. The number of carbonyl (C=O) groups is 1. The highest BCUT2D eigenvalue weighted by Crippen LogP contribution is 2.32. The van der Waals surface area contributed by atoms with E-state index >= 15 is 0 Å². The van der Waals surface area contributed by atoms with Crippen molar-refractivity contribution < 1.29 is 17.9 Å². The standard InChI is InChI=1S/C18H21N3O4S2/c1-27(23,24)21-11-2-5-13(6-3-11)25-17-9-8-16(26-17)18(22)20-15-10-12-4-7-14(15)19-12/h2-3,5-6,8-9,12,14-15,19,21H,4,7,10H2,1H3,(H,20,22). The maximum Gasteiger partial charge on any atom is 0.261 e. The molecular weight excluding hydrogens is 386 g/mol. The molecule has 2 fully saturated rings. The Morgan fingerprint density at radius 3 is 2.59 bits per heavy atom. The highest BCUT2D eigenvalue weighted by Gasteiger charge is 2.39. The minimum Gasteiger partial charge on any atom is -0.447 e. The van der Waals surface area contributed by atoms with Crippen molar-refractivity contribution in [2.75, 3.05) is 11.0 Å². The van der Waals surface area contributed by atoms with E-state index in [9.17, 15) is 13.2 Å². The van der Waals surface area contributed by atoms with Gasteiger partial charge in [0.15, 0.2) is 5.06 Å². The number of hydrogen-bond acceptors (Lipinski definition) is 6. The zero-order chi connectivity index (χ0) is 19.0. The number of nitrogens with one attached hydrogen (secondary N) is 3. The molecule has 7 nitrogen and oxygen atoms in total. The van der Waals surface area contributed by atoms with E-state index in [-0.39, 0.29) is 11.9 Å². The first kappa shape index (κ1) is 18.3. The van der Waals surface area contributed by atoms with Gasteiger partial charge in [-0.05, 0) is 55.7 Å². The minimum atomic E-state index is -3.31. The van der Waals surface area contributed by atoms with Gasteiger partial charge in [0.25, 0.3) is 5.91 Å². The first-order valence-corrected chi connectivity index (χ1v) is 11.5. The fourth-order valence-electron chi connectivity index (χ4n) is 3.64. The minimum absolute atomic E-state index is 0.0677. The van der Waals surface area contributed by atoms with Crippen LogP contribution in [0.2, 0.25) is 0 Å². The summed E-state index contributed by atoms with van der Waals surface area (Å²) in [5.41, 5.74) is 0.468. The molecule has 27 heavy (non-hydrogen) atoms. The number of hydrogen-bond donors (Lipinski definition) is 3. The van der Waals surface area contributed by atoms with E-state index in [1.807, 2.05) is 0 Å². The third kappa shape index (κ3) is 4.42. The van der Waals surface area contributed by atoms with Crippen molar-refractivity contribution in [1.29, 1.82) is 0 Å². The van der Waals surface area contributed by atoms with Crippen LogP contribution in [0.1, 0.15) is 28.9 Å². The van der Waals surface area contributed by atoms with Gasteiger partial charge in [-0.15, -0.1) is 0 Å². The number of sulfonamides is 1. The summed E-state index contributed by atoms with van der Waals surface area (Å²) in [6.45, 7) is 0. The summed E-state index contributed by atoms with van der Waals surface area (Å²) in [6, 6.07) is 11.3. The average molecular weight is 408 g/mol. The van der Waals surface area contributed by atoms with Gasteiger partial charge in [0.2, 0.25) is 10.0 Å². The lowest BCUT2D eigenvalue weighted by molar-refractivity contribution is 0.0935. The summed E-state index contributed by atoms with van der Waals surface area (Å²) in [5.74, 6) is 0.502. The molecule has 2 aliphatic heterocycles. The number of amides is 1. The van der Waals surface area contributed by atoms with Crippen LogP contribution in [0.3, 0.4) is 0 Å². The summed E-state index contributed by atoms with van der Waals surface area (Å²) >= 11 is 1.29. The van der Waals surface area contributed by atoms with Crippen molar-refractivity contribution in [2.24, 2.45) is 0 Å². The van der Waals surface area contributed by atoms with Crippen molar-refractivity contribution in [3.8, 4) is 10.8 Å². The number of rotatable bonds is 6. The van der Waals surface area contributed by atoms with Gasteiger partial charge in [0.1, 0.15) is 5.75 Å². The van der Waals surface area contributed by atoms with Crippen LogP contribution < -0.4 is 20.1 Å². The zero-order valence-electron chi connectivity index (χ0n) is 14.8. The van der Waals surface area contributed by atoms with Crippen LogP contribution in [-0.2, 0) is 10.0 Å². The molecule has 144 valence electrons. The van der Waals surface area contributed by atoms with Crippen LogP contribution in [0, 0.1) is 0 Å². The van der Waals surface area contributed by atoms with Gasteiger partial charge in [0, 0.05) is 23.8 Å². The average Bonchev–Trinajstić information content (AvgIpc) is 3.32. The molecule has 2 saturated heterocycles. The number of anilines is 1. The van der Waals surface area contributed by atoms with Crippen LogP contribution in [0.15, 0.2) is 36.4 Å². The van der Waals surface area contributed by atoms with Gasteiger partial charge in [-0.3, -0.25) is 9.52 Å². The summed E-state index contributed by atoms with van der Waals surface area (Å²) in [5, 5.41) is 7.24. The van der Waals surface area contributed by atoms with Crippen molar-refractivity contribution in [2.45, 2.75) is 37.4 Å². The predicted molar refractivity (Wildman–Crippen MR) is 105 cm³/mol. The van der Waals surface area contributed by atoms with Crippen molar-refractivity contribution in [1.82, 2.24) is 10.6 Å². The number of benzene rings is 1. The van der Waals surface area contributed by atoms with Crippen LogP contribution in [0.5, 0.6) is 10.8 Å². The highest BCUT2D eigenvalue weighted by atomic mass is 32.2. The number of carbonyl (C=O) groups excluding carboxylic acids is 1. The summed E-state index contributed by atoms with van der Waals surface area (Å²) in [4.78, 5) is 13.1. The monoisotopic (exact) mass is 407 g/mol. The highest BCUT2D eigenvalue weighted by molar-refractivity contribution is 7.92. The van der Waals surface area contributed by atoms with Gasteiger partial charge in [-0.25, -0.2) is 8.42 Å². The van der Waals surface area contributed by atoms with Gasteiger partial charge in [-0.2, -0.15) is 0 Å². The molecule has 3 N–H and O–H groups in total. The van der Waals surface area contributed by atoms with Crippen LogP contribution in [-0.4, -0.2) is 38.7 Å². The Bertz CT molecular complexity index is 940. The molecule has 4 rings (SSSR count). The molecule has 3 atom stereocenters. The smallest absolute Gasteiger partial charge is 0.261 e. The number of fused-ring (bicyclic) bond motifs is 2. The van der Waals surface area contributed by atoms with E-state index in [1.165, 1.54) is 17.8 Å². The van der Waals surface area contributed by atoms with Gasteiger partial charge in [0.05, 0.1) is 11.1 Å². The molecule has 3 heterocycles. The molecule has 1 amide bonds. The largest absolute Gasteiger partial charge is 0.447 e. The first-order valence-electron chi connectivity index (χ1n) is 8.78. The fraction of sp³-hybridized carbons (Fsp3) is 0.389. The Morgan fingerprint density at radius 2 is 1.96 bits per heavy atom. The van der Waals surface area contributed by atoms with Crippen molar-refractivity contribution in [3.05, 3.63) is 41.3 Å². The summed E-state index contributed by atoms with van der Waals surface area (Å²) < 4.78 is 30.6. The lowest BCUT2D eigenvalue weighted by atomic mass is 9.95. The van der Waals surface area contributed by atoms with E-state index < -0.39 is 10.0 Å². The summed E-state index contributed by atoms with van der Waals surface area (Å²) in [6.07, 6.45) is 4.42. The molecule has 0 saturated carbocycles. The molecule has 0 spiro atoms. The molecule has 0 radical (unpaired) electrons. The molecule has 3 unspecified atom stereocenters. The Balaban J connectivity index is 1.35. The number of thiophene rings is 1. The predicted octanol–water partition coefficient (Wildman–Crippen LogP) is 2.53. The second-order valence-electron chi connectivity index (χ2n) is 6.98. The van der Waals surface area contributed by atoms with E-state index in [0.717, 1.165) is 19.1 Å². The first-order chi connectivity index (χ1) is 12.9. The maximum absolute atomic E-state index is 12.5. The van der Waals surface area contributed by atoms with Crippen LogP contribution >= 0.6 is 11.3 Å². The van der Waals surface area contributed by atoms with Crippen LogP contribution in [0.4, 0.5) is 5.69 Å². The van der Waals surface area contributed by atoms with Gasteiger partial charge < -0.3 is 15.4 Å². The SMILES string of the molecule is CS(=O)(=O)Nc1ccc(Oc2ccc(C(=O)NC3CC4CCC3N4)s2)cc1. The van der Waals surface area contributed by atoms with E-state index in [4.69, 9.17) is 4.74 Å². The second-order valence-corrected chi connectivity index (χ2v) is 9.78. The van der Waals surface area contributed by atoms with Crippen molar-refractivity contribution in [3.63, 3.8) is 0 Å². The Kier molecular flexibility index (Phi) is 4.83. The summed E-state index contributed by atoms with van der Waals surface area (Å²) in [7, 11) is -3.31. The molecule has 2 aliphatic rings. The molecule has 2 bridgehead atoms. The lowest BCUT2D eigenvalue weighted by Gasteiger charge is -2.20. The fourth-order valence-corrected chi connectivity index (χ4v) is 4.98. The molecule has 0 aliphatic carbocycles. The lowest BCUT2D eigenvalue weighted by Crippen LogP contribution is -2.42. The third-order valence-corrected chi connectivity index (χ3v) is 6.37. The molecule has 9 heteroatoms. The quantitative estimate of drug-likeness (QED) is 0.684. The Morgan fingerprint density at radius 1 is 1.19 bits per heavy atom. The molecule has 2 aromatic rings. The number of ether oxygens (including phenoxy) is 1. The van der Waals surface area contributed by atoms with Crippen molar-refractivity contribution >= 4 is 33.0 Å². The maximum atomic E-state index is 12.5. The second kappa shape index (κ2) is 7.14. The topological polar surface area (TPSA) is 96.5 Å². The molecule has 1 aromatic carbocycles. The Labute approximate surface area is 162 Å². The van der Waals surface area contributed by atoms with E-state index in [1.54, 1.807) is 36.4 Å². The van der Waals surface area contributed by atoms with Gasteiger partial charge in [-0.1, -0.05) is 11.3 Å².